The number of anilines is 1. The summed E-state index contributed by atoms with van der Waals surface area (Å²) in [5.74, 6) is -0.335. The summed E-state index contributed by atoms with van der Waals surface area (Å²) in [6.07, 6.45) is 5.22. The number of rotatable bonds is 9. The Labute approximate surface area is 238 Å². The van der Waals surface area contributed by atoms with Crippen LogP contribution >= 0.6 is 0 Å². The van der Waals surface area contributed by atoms with Crippen LogP contribution in [0.3, 0.4) is 0 Å². The number of aliphatic carboxylic acids is 1. The van der Waals surface area contributed by atoms with Crippen LogP contribution in [0.15, 0.2) is 48.8 Å². The van der Waals surface area contributed by atoms with Gasteiger partial charge < -0.3 is 19.5 Å². The quantitative estimate of drug-likeness (QED) is 0.311. The largest absolute Gasteiger partial charge is 0.492 e. The summed E-state index contributed by atoms with van der Waals surface area (Å²) in [5, 5.41) is 10.3. The normalized spacial score (nSPS) is 16.0. The molecule has 1 fully saturated rings. The molecule has 1 aliphatic heterocycles. The first kappa shape index (κ1) is 29.5. The van der Waals surface area contributed by atoms with Crippen LogP contribution in [-0.2, 0) is 16.0 Å². The standard InChI is InChI=1S/C33H43N3O4/c1-22-9-8-10-24(19-22)13-18-39-25-11-12-27(35-20-25)26-21-34-23(2)28(30(31(37)38)40-32(3,4)5)29(26)36-16-14-33(6,7)15-17-36/h8-12,19-21,30H,13-18H2,1-7H3,(H,37,38). The SMILES string of the molecule is Cc1cccc(CCOc2ccc(-c3cnc(C)c(C(OC(C)(C)C)C(=O)O)c3N3CCC(C)(C)CC3)nc2)c1. The number of hydrogen-bond donors (Lipinski definition) is 1. The number of aromatic nitrogens is 2. The summed E-state index contributed by atoms with van der Waals surface area (Å²) < 4.78 is 12.1. The van der Waals surface area contributed by atoms with Gasteiger partial charge in [0.05, 0.1) is 29.8 Å². The van der Waals surface area contributed by atoms with Crippen LogP contribution in [0.1, 0.15) is 75.9 Å². The van der Waals surface area contributed by atoms with Crippen LogP contribution in [0.5, 0.6) is 5.75 Å². The van der Waals surface area contributed by atoms with Gasteiger partial charge in [-0.05, 0) is 70.6 Å². The molecule has 214 valence electrons. The van der Waals surface area contributed by atoms with Crippen LogP contribution in [-0.4, -0.2) is 46.3 Å². The van der Waals surface area contributed by atoms with Gasteiger partial charge in [0.1, 0.15) is 5.75 Å². The van der Waals surface area contributed by atoms with E-state index in [1.807, 2.05) is 46.0 Å². The van der Waals surface area contributed by atoms with Gasteiger partial charge in [-0.3, -0.25) is 9.97 Å². The third-order valence-corrected chi connectivity index (χ3v) is 7.43. The summed E-state index contributed by atoms with van der Waals surface area (Å²) in [4.78, 5) is 24.3. The van der Waals surface area contributed by atoms with E-state index in [1.54, 1.807) is 6.20 Å². The molecular weight excluding hydrogens is 502 g/mol. The number of carboxylic acid groups (broad SMARTS) is 1. The molecule has 0 amide bonds. The van der Waals surface area contributed by atoms with E-state index in [9.17, 15) is 9.90 Å². The predicted octanol–water partition coefficient (Wildman–Crippen LogP) is 6.95. The minimum absolute atomic E-state index is 0.239. The average Bonchev–Trinajstić information content (AvgIpc) is 2.87. The lowest BCUT2D eigenvalue weighted by atomic mass is 9.82. The Balaban J connectivity index is 1.67. The molecule has 1 saturated heterocycles. The van der Waals surface area contributed by atoms with Crippen molar-refractivity contribution in [3.05, 3.63) is 71.2 Å². The van der Waals surface area contributed by atoms with Crippen molar-refractivity contribution in [2.24, 2.45) is 5.41 Å². The highest BCUT2D eigenvalue weighted by molar-refractivity contribution is 5.85. The molecule has 1 atom stereocenters. The van der Waals surface area contributed by atoms with Crippen LogP contribution < -0.4 is 9.64 Å². The molecule has 0 aliphatic carbocycles. The van der Waals surface area contributed by atoms with Gasteiger partial charge in [-0.15, -0.1) is 0 Å². The Hall–Kier alpha value is -3.45. The Morgan fingerprint density at radius 3 is 2.40 bits per heavy atom. The zero-order valence-electron chi connectivity index (χ0n) is 25.0. The molecule has 3 aromatic rings. The molecular formula is C33H43N3O4. The highest BCUT2D eigenvalue weighted by Gasteiger charge is 2.36. The maximum absolute atomic E-state index is 12.6. The van der Waals surface area contributed by atoms with E-state index in [1.165, 1.54) is 11.1 Å². The van der Waals surface area contributed by atoms with Crippen LogP contribution in [0, 0.1) is 19.3 Å². The number of nitrogens with zero attached hydrogens (tertiary/aromatic N) is 3. The zero-order chi connectivity index (χ0) is 29.1. The second-order valence-electron chi connectivity index (χ2n) is 12.6. The molecule has 1 N–H and O–H groups in total. The molecule has 2 aromatic heterocycles. The number of piperidine rings is 1. The minimum atomic E-state index is -1.15. The molecule has 0 spiro atoms. The zero-order valence-corrected chi connectivity index (χ0v) is 25.0. The van der Waals surface area contributed by atoms with Gasteiger partial charge in [0.2, 0.25) is 0 Å². The molecule has 1 aliphatic rings. The Morgan fingerprint density at radius 1 is 1.07 bits per heavy atom. The van der Waals surface area contributed by atoms with E-state index in [0.29, 0.717) is 23.6 Å². The van der Waals surface area contributed by atoms with Crippen molar-refractivity contribution >= 4 is 11.7 Å². The van der Waals surface area contributed by atoms with Crippen molar-refractivity contribution in [2.75, 3.05) is 24.6 Å². The average molecular weight is 546 g/mol. The molecule has 0 saturated carbocycles. The van der Waals surface area contributed by atoms with Gasteiger partial charge in [-0.25, -0.2) is 4.79 Å². The Morgan fingerprint density at radius 2 is 1.80 bits per heavy atom. The van der Waals surface area contributed by atoms with Crippen molar-refractivity contribution in [1.82, 2.24) is 9.97 Å². The van der Waals surface area contributed by atoms with Crippen LogP contribution in [0.4, 0.5) is 5.69 Å². The highest BCUT2D eigenvalue weighted by atomic mass is 16.5. The summed E-state index contributed by atoms with van der Waals surface area (Å²) in [6.45, 7) is 16.3. The van der Waals surface area contributed by atoms with Crippen molar-refractivity contribution in [3.8, 4) is 17.0 Å². The van der Waals surface area contributed by atoms with Gasteiger partial charge in [0, 0.05) is 42.5 Å². The third-order valence-electron chi connectivity index (χ3n) is 7.43. The number of aryl methyl sites for hydroxylation is 2. The van der Waals surface area contributed by atoms with Gasteiger partial charge in [0.25, 0.3) is 0 Å². The van der Waals surface area contributed by atoms with E-state index >= 15 is 0 Å². The summed E-state index contributed by atoms with van der Waals surface area (Å²) >= 11 is 0. The number of benzene rings is 1. The molecule has 0 radical (unpaired) electrons. The monoisotopic (exact) mass is 545 g/mol. The maximum atomic E-state index is 12.6. The molecule has 3 heterocycles. The van der Waals surface area contributed by atoms with Crippen molar-refractivity contribution in [3.63, 3.8) is 0 Å². The fourth-order valence-corrected chi connectivity index (χ4v) is 5.15. The summed E-state index contributed by atoms with van der Waals surface area (Å²) in [7, 11) is 0. The molecule has 7 heteroatoms. The van der Waals surface area contributed by atoms with Gasteiger partial charge >= 0.3 is 5.97 Å². The number of carboxylic acids is 1. The minimum Gasteiger partial charge on any atom is -0.492 e. The van der Waals surface area contributed by atoms with Gasteiger partial charge in [0.15, 0.2) is 6.10 Å². The van der Waals surface area contributed by atoms with Crippen LogP contribution in [0.2, 0.25) is 0 Å². The van der Waals surface area contributed by atoms with Gasteiger partial charge in [-0.1, -0.05) is 43.7 Å². The van der Waals surface area contributed by atoms with Crippen molar-refractivity contribution < 1.29 is 19.4 Å². The Kier molecular flexibility index (Phi) is 8.83. The molecule has 1 unspecified atom stereocenters. The second kappa shape index (κ2) is 12.0. The summed E-state index contributed by atoms with van der Waals surface area (Å²) in [5.41, 5.74) is 5.68. The third kappa shape index (κ3) is 7.39. The number of ether oxygens (including phenoxy) is 2. The van der Waals surface area contributed by atoms with E-state index in [2.05, 4.69) is 54.9 Å². The lowest BCUT2D eigenvalue weighted by molar-refractivity contribution is -0.160. The predicted molar refractivity (Wildman–Crippen MR) is 159 cm³/mol. The fourth-order valence-electron chi connectivity index (χ4n) is 5.15. The number of carbonyl (C=O) groups is 1. The number of pyridine rings is 2. The smallest absolute Gasteiger partial charge is 0.337 e. The lowest BCUT2D eigenvalue weighted by Crippen LogP contribution is -2.39. The molecule has 1 aromatic carbocycles. The topological polar surface area (TPSA) is 84.8 Å². The fraction of sp³-hybridized carbons (Fsp3) is 0.485. The van der Waals surface area contributed by atoms with Gasteiger partial charge in [-0.2, -0.15) is 0 Å². The van der Waals surface area contributed by atoms with Crippen LogP contribution in [0.25, 0.3) is 11.3 Å². The van der Waals surface area contributed by atoms with Crippen molar-refractivity contribution in [2.45, 2.75) is 79.4 Å². The number of hydrogen-bond acceptors (Lipinski definition) is 6. The molecule has 40 heavy (non-hydrogen) atoms. The van der Waals surface area contributed by atoms with E-state index in [0.717, 1.165) is 49.3 Å². The first-order valence-corrected chi connectivity index (χ1v) is 14.1. The highest BCUT2D eigenvalue weighted by Crippen LogP contribution is 2.43. The maximum Gasteiger partial charge on any atom is 0.337 e. The first-order chi connectivity index (χ1) is 18.8. The molecule has 0 bridgehead atoms. The second-order valence-corrected chi connectivity index (χ2v) is 12.6. The summed E-state index contributed by atoms with van der Waals surface area (Å²) in [6, 6.07) is 12.3. The molecule has 7 nitrogen and oxygen atoms in total. The van der Waals surface area contributed by atoms with E-state index in [4.69, 9.17) is 14.5 Å². The van der Waals surface area contributed by atoms with Crippen molar-refractivity contribution in [1.29, 1.82) is 0 Å². The lowest BCUT2D eigenvalue weighted by Gasteiger charge is -2.40. The Bertz CT molecular complexity index is 1320. The first-order valence-electron chi connectivity index (χ1n) is 14.1. The van der Waals surface area contributed by atoms with E-state index in [-0.39, 0.29) is 5.41 Å². The molecule has 4 rings (SSSR count). The van der Waals surface area contributed by atoms with E-state index < -0.39 is 17.7 Å².